The summed E-state index contributed by atoms with van der Waals surface area (Å²) in [5, 5.41) is 0. The monoisotopic (exact) mass is 370 g/mol. The number of hydrogen-bond donors (Lipinski definition) is 1. The Bertz CT molecular complexity index is 1050. The highest BCUT2D eigenvalue weighted by atomic mass is 32.2. The predicted molar refractivity (Wildman–Crippen MR) is 99.6 cm³/mol. The maximum atomic E-state index is 13.5. The molecule has 0 unspecified atom stereocenters. The molecular weight excluding hydrogens is 351 g/mol. The zero-order valence-corrected chi connectivity index (χ0v) is 15.3. The standard InChI is InChI=1S/C20H19FN2O2S/c1-14-5-3-6-16(11-14)20-17(7-4-10-22-20)13-23-26(24,25)19-12-18(21)9-8-15(19)2/h3-12,23H,13H2,1-2H3. The van der Waals surface area contributed by atoms with Crippen LogP contribution in [0.15, 0.2) is 65.7 Å². The predicted octanol–water partition coefficient (Wildman–Crippen LogP) is 3.98. The van der Waals surface area contributed by atoms with Crippen molar-refractivity contribution in [1.29, 1.82) is 0 Å². The molecule has 0 aliphatic carbocycles. The fourth-order valence-electron chi connectivity index (χ4n) is 2.75. The lowest BCUT2D eigenvalue weighted by molar-refractivity contribution is 0.576. The van der Waals surface area contributed by atoms with Crippen molar-refractivity contribution in [3.05, 3.63) is 83.3 Å². The number of aromatic nitrogens is 1. The van der Waals surface area contributed by atoms with E-state index in [1.807, 2.05) is 37.3 Å². The Morgan fingerprint density at radius 1 is 1.04 bits per heavy atom. The van der Waals surface area contributed by atoms with Crippen LogP contribution in [0, 0.1) is 19.7 Å². The zero-order valence-electron chi connectivity index (χ0n) is 14.5. The van der Waals surface area contributed by atoms with E-state index in [4.69, 9.17) is 0 Å². The van der Waals surface area contributed by atoms with Gasteiger partial charge in [-0.3, -0.25) is 4.98 Å². The van der Waals surface area contributed by atoms with Gasteiger partial charge in [-0.05, 0) is 49.2 Å². The van der Waals surface area contributed by atoms with E-state index < -0.39 is 15.8 Å². The van der Waals surface area contributed by atoms with Crippen molar-refractivity contribution < 1.29 is 12.8 Å². The smallest absolute Gasteiger partial charge is 0.241 e. The fraction of sp³-hybridized carbons (Fsp3) is 0.150. The molecule has 26 heavy (non-hydrogen) atoms. The van der Waals surface area contributed by atoms with Crippen molar-refractivity contribution in [3.63, 3.8) is 0 Å². The number of nitrogens with one attached hydrogen (secondary N) is 1. The third-order valence-corrected chi connectivity index (χ3v) is 5.62. The number of benzene rings is 2. The van der Waals surface area contributed by atoms with Crippen LogP contribution < -0.4 is 4.72 Å². The van der Waals surface area contributed by atoms with Gasteiger partial charge in [-0.25, -0.2) is 17.5 Å². The molecule has 6 heteroatoms. The molecule has 0 amide bonds. The van der Waals surface area contributed by atoms with Gasteiger partial charge in [-0.1, -0.05) is 35.9 Å². The van der Waals surface area contributed by atoms with Crippen LogP contribution in [0.4, 0.5) is 4.39 Å². The van der Waals surface area contributed by atoms with Gasteiger partial charge in [0, 0.05) is 18.3 Å². The van der Waals surface area contributed by atoms with Crippen molar-refractivity contribution in [2.75, 3.05) is 0 Å². The average molecular weight is 370 g/mol. The van der Waals surface area contributed by atoms with Gasteiger partial charge in [0.1, 0.15) is 5.82 Å². The molecule has 0 aliphatic rings. The van der Waals surface area contributed by atoms with E-state index in [-0.39, 0.29) is 11.4 Å². The van der Waals surface area contributed by atoms with Crippen LogP contribution in [0.3, 0.4) is 0 Å². The van der Waals surface area contributed by atoms with Crippen LogP contribution in [-0.4, -0.2) is 13.4 Å². The summed E-state index contributed by atoms with van der Waals surface area (Å²) in [4.78, 5) is 4.34. The molecule has 0 aliphatic heterocycles. The third kappa shape index (κ3) is 3.98. The van der Waals surface area contributed by atoms with Gasteiger partial charge in [0.25, 0.3) is 0 Å². The summed E-state index contributed by atoms with van der Waals surface area (Å²) in [6.45, 7) is 3.69. The van der Waals surface area contributed by atoms with E-state index in [0.717, 1.165) is 28.5 Å². The van der Waals surface area contributed by atoms with Gasteiger partial charge < -0.3 is 0 Å². The quantitative estimate of drug-likeness (QED) is 0.739. The fourth-order valence-corrected chi connectivity index (χ4v) is 4.01. The minimum absolute atomic E-state index is 0.0569. The molecule has 0 saturated heterocycles. The van der Waals surface area contributed by atoms with E-state index in [2.05, 4.69) is 9.71 Å². The first kappa shape index (κ1) is 18.2. The second kappa shape index (κ2) is 7.35. The lowest BCUT2D eigenvalue weighted by Gasteiger charge is -2.12. The summed E-state index contributed by atoms with van der Waals surface area (Å²) in [6.07, 6.45) is 1.67. The molecule has 3 aromatic rings. The maximum absolute atomic E-state index is 13.5. The lowest BCUT2D eigenvalue weighted by atomic mass is 10.0. The number of aryl methyl sites for hydroxylation is 2. The number of nitrogens with zero attached hydrogens (tertiary/aromatic N) is 1. The van der Waals surface area contributed by atoms with E-state index in [9.17, 15) is 12.8 Å². The number of sulfonamides is 1. The first-order valence-corrected chi connectivity index (χ1v) is 9.62. The SMILES string of the molecule is Cc1cccc(-c2ncccc2CNS(=O)(=O)c2cc(F)ccc2C)c1. The van der Waals surface area contributed by atoms with Crippen molar-refractivity contribution in [2.24, 2.45) is 0 Å². The van der Waals surface area contributed by atoms with E-state index >= 15 is 0 Å². The molecule has 4 nitrogen and oxygen atoms in total. The minimum atomic E-state index is -3.84. The number of hydrogen-bond acceptors (Lipinski definition) is 3. The first-order chi connectivity index (χ1) is 12.4. The molecule has 0 atom stereocenters. The molecule has 0 spiro atoms. The molecule has 0 saturated carbocycles. The number of rotatable bonds is 5. The highest BCUT2D eigenvalue weighted by Crippen LogP contribution is 2.23. The Balaban J connectivity index is 1.90. The first-order valence-electron chi connectivity index (χ1n) is 8.13. The summed E-state index contributed by atoms with van der Waals surface area (Å²) in [6, 6.07) is 15.2. The second-order valence-corrected chi connectivity index (χ2v) is 7.85. The van der Waals surface area contributed by atoms with Gasteiger partial charge in [-0.2, -0.15) is 0 Å². The van der Waals surface area contributed by atoms with Crippen LogP contribution in [-0.2, 0) is 16.6 Å². The molecule has 134 valence electrons. The van der Waals surface area contributed by atoms with E-state index in [1.165, 1.54) is 12.1 Å². The normalized spacial score (nSPS) is 11.5. The zero-order chi connectivity index (χ0) is 18.7. The highest BCUT2D eigenvalue weighted by molar-refractivity contribution is 7.89. The Labute approximate surface area is 152 Å². The molecule has 1 heterocycles. The Hall–Kier alpha value is -2.57. The molecule has 2 aromatic carbocycles. The summed E-state index contributed by atoms with van der Waals surface area (Å²) in [5.41, 5.74) is 3.96. The van der Waals surface area contributed by atoms with Crippen molar-refractivity contribution in [2.45, 2.75) is 25.3 Å². The topological polar surface area (TPSA) is 59.1 Å². The van der Waals surface area contributed by atoms with Crippen LogP contribution in [0.25, 0.3) is 11.3 Å². The number of pyridine rings is 1. The Morgan fingerprint density at radius 2 is 1.85 bits per heavy atom. The van der Waals surface area contributed by atoms with Gasteiger partial charge in [0.15, 0.2) is 0 Å². The average Bonchev–Trinajstić information content (AvgIpc) is 2.62. The Morgan fingerprint density at radius 3 is 2.62 bits per heavy atom. The van der Waals surface area contributed by atoms with Crippen LogP contribution in [0.5, 0.6) is 0 Å². The molecular formula is C20H19FN2O2S. The van der Waals surface area contributed by atoms with Crippen molar-refractivity contribution >= 4 is 10.0 Å². The molecule has 3 rings (SSSR count). The second-order valence-electron chi connectivity index (χ2n) is 6.11. The summed E-state index contributed by atoms with van der Waals surface area (Å²) in [5.74, 6) is -0.585. The van der Waals surface area contributed by atoms with Crippen LogP contribution in [0.2, 0.25) is 0 Å². The molecule has 0 radical (unpaired) electrons. The highest BCUT2D eigenvalue weighted by Gasteiger charge is 2.18. The van der Waals surface area contributed by atoms with E-state index in [1.54, 1.807) is 19.2 Å². The third-order valence-electron chi connectivity index (χ3n) is 4.08. The van der Waals surface area contributed by atoms with Gasteiger partial charge in [0.2, 0.25) is 10.0 Å². The summed E-state index contributed by atoms with van der Waals surface area (Å²) < 4.78 is 41.2. The minimum Gasteiger partial charge on any atom is -0.256 e. The van der Waals surface area contributed by atoms with Gasteiger partial charge in [-0.15, -0.1) is 0 Å². The summed E-state index contributed by atoms with van der Waals surface area (Å²) >= 11 is 0. The lowest BCUT2D eigenvalue weighted by Crippen LogP contribution is -2.24. The molecule has 1 N–H and O–H groups in total. The van der Waals surface area contributed by atoms with Crippen LogP contribution in [0.1, 0.15) is 16.7 Å². The Kier molecular flexibility index (Phi) is 5.15. The van der Waals surface area contributed by atoms with Gasteiger partial charge in [0.05, 0.1) is 10.6 Å². The molecule has 0 bridgehead atoms. The maximum Gasteiger partial charge on any atom is 0.241 e. The van der Waals surface area contributed by atoms with Crippen LogP contribution >= 0.6 is 0 Å². The molecule has 1 aromatic heterocycles. The van der Waals surface area contributed by atoms with E-state index in [0.29, 0.717) is 5.56 Å². The van der Waals surface area contributed by atoms with Gasteiger partial charge >= 0.3 is 0 Å². The van der Waals surface area contributed by atoms with Crippen molar-refractivity contribution in [1.82, 2.24) is 9.71 Å². The molecule has 0 fully saturated rings. The van der Waals surface area contributed by atoms with Crippen molar-refractivity contribution in [3.8, 4) is 11.3 Å². The number of halogens is 1. The summed E-state index contributed by atoms with van der Waals surface area (Å²) in [7, 11) is -3.84. The largest absolute Gasteiger partial charge is 0.256 e.